The number of benzene rings is 2. The van der Waals surface area contributed by atoms with Crippen molar-refractivity contribution in [3.8, 4) is 5.75 Å². The first kappa shape index (κ1) is 20.1. The molecule has 1 N–H and O–H groups in total. The minimum atomic E-state index is -0.404. The number of nitrogens with one attached hydrogen (secondary N) is 1. The van der Waals surface area contributed by atoms with E-state index in [0.29, 0.717) is 27.7 Å². The normalized spacial score (nSPS) is 10.9. The predicted octanol–water partition coefficient (Wildman–Crippen LogP) is 4.82. The highest BCUT2D eigenvalue weighted by atomic mass is 35.5. The number of hydrogen-bond donors (Lipinski definition) is 1. The minimum Gasteiger partial charge on any atom is -0.482 e. The lowest BCUT2D eigenvalue weighted by molar-refractivity contribution is -0.118. The number of aryl methyl sites for hydroxylation is 1. The first-order valence-electron chi connectivity index (χ1n) is 9.13. The van der Waals surface area contributed by atoms with Crippen molar-refractivity contribution in [3.63, 3.8) is 0 Å². The summed E-state index contributed by atoms with van der Waals surface area (Å²) in [6.45, 7) is 1.62. The Morgan fingerprint density at radius 3 is 2.80 bits per heavy atom. The van der Waals surface area contributed by atoms with Gasteiger partial charge in [0.25, 0.3) is 5.91 Å². The number of halogens is 1. The van der Waals surface area contributed by atoms with Crippen molar-refractivity contribution in [2.45, 2.75) is 13.3 Å². The molecule has 0 saturated heterocycles. The molecule has 152 valence electrons. The Morgan fingerprint density at radius 2 is 2.07 bits per heavy atom. The van der Waals surface area contributed by atoms with E-state index in [1.807, 2.05) is 37.3 Å². The molecule has 0 bridgehead atoms. The van der Waals surface area contributed by atoms with Crippen LogP contribution in [-0.4, -0.2) is 17.5 Å². The lowest BCUT2D eigenvalue weighted by Crippen LogP contribution is -2.20. The van der Waals surface area contributed by atoms with Gasteiger partial charge in [-0.3, -0.25) is 10.1 Å². The molecule has 0 spiro atoms. The zero-order valence-electron chi connectivity index (χ0n) is 16.0. The van der Waals surface area contributed by atoms with Crippen molar-refractivity contribution in [2.75, 3.05) is 11.9 Å². The second kappa shape index (κ2) is 8.69. The summed E-state index contributed by atoms with van der Waals surface area (Å²) in [5.74, 6) is -0.103. The van der Waals surface area contributed by atoms with Crippen LogP contribution in [-0.2, 0) is 11.2 Å². The molecule has 2 heterocycles. The third kappa shape index (κ3) is 4.37. The van der Waals surface area contributed by atoms with E-state index in [9.17, 15) is 9.59 Å². The molecule has 0 unspecified atom stereocenters. The van der Waals surface area contributed by atoms with Crippen LogP contribution >= 0.6 is 22.9 Å². The lowest BCUT2D eigenvalue weighted by Gasteiger charge is -2.12. The summed E-state index contributed by atoms with van der Waals surface area (Å²) in [6, 6.07) is 12.9. The number of carbonyl (C=O) groups excluding carboxylic acids is 1. The van der Waals surface area contributed by atoms with Gasteiger partial charge in [-0.25, -0.2) is 9.78 Å². The maximum absolute atomic E-state index is 12.6. The summed E-state index contributed by atoms with van der Waals surface area (Å²) in [4.78, 5) is 28.6. The molecule has 30 heavy (non-hydrogen) atoms. The predicted molar refractivity (Wildman–Crippen MR) is 118 cm³/mol. The van der Waals surface area contributed by atoms with Crippen molar-refractivity contribution in [1.29, 1.82) is 0 Å². The monoisotopic (exact) mass is 440 g/mol. The summed E-state index contributed by atoms with van der Waals surface area (Å²) in [6.07, 6.45) is 2.06. The number of aromatic nitrogens is 1. The Morgan fingerprint density at radius 1 is 1.27 bits per heavy atom. The van der Waals surface area contributed by atoms with Crippen LogP contribution in [0.15, 0.2) is 63.3 Å². The molecule has 0 aliphatic carbocycles. The maximum Gasteiger partial charge on any atom is 0.340 e. The Hall–Kier alpha value is -3.16. The summed E-state index contributed by atoms with van der Waals surface area (Å²) >= 11 is 7.68. The standard InChI is InChI=1S/C22H17ClN2O4S/c1-13-15-10-17(23)19(28-12-20(26)25-22-24-7-8-30-22)11-18(15)29-21(27)16(13)9-14-5-3-2-4-6-14/h2-8,10-11H,9,12H2,1H3,(H,24,25,26). The van der Waals surface area contributed by atoms with E-state index >= 15 is 0 Å². The van der Waals surface area contributed by atoms with Gasteiger partial charge in [0, 0.05) is 35.0 Å². The van der Waals surface area contributed by atoms with E-state index in [0.717, 1.165) is 16.5 Å². The van der Waals surface area contributed by atoms with Crippen molar-refractivity contribution in [1.82, 2.24) is 4.98 Å². The van der Waals surface area contributed by atoms with Crippen LogP contribution in [0.2, 0.25) is 5.02 Å². The highest BCUT2D eigenvalue weighted by Crippen LogP contribution is 2.32. The fourth-order valence-corrected chi connectivity index (χ4v) is 3.85. The minimum absolute atomic E-state index is 0.250. The van der Waals surface area contributed by atoms with Gasteiger partial charge in [-0.15, -0.1) is 11.3 Å². The average Bonchev–Trinajstić information content (AvgIpc) is 3.24. The molecular formula is C22H17ClN2O4S. The smallest absolute Gasteiger partial charge is 0.340 e. The number of hydrogen-bond acceptors (Lipinski definition) is 6. The van der Waals surface area contributed by atoms with E-state index in [-0.39, 0.29) is 18.3 Å². The van der Waals surface area contributed by atoms with Crippen LogP contribution in [0.25, 0.3) is 11.0 Å². The van der Waals surface area contributed by atoms with Gasteiger partial charge in [0.05, 0.1) is 5.02 Å². The average molecular weight is 441 g/mol. The van der Waals surface area contributed by atoms with E-state index in [1.54, 1.807) is 17.6 Å². The number of thiazole rings is 1. The van der Waals surface area contributed by atoms with Crippen LogP contribution in [0.3, 0.4) is 0 Å². The van der Waals surface area contributed by atoms with E-state index in [4.69, 9.17) is 20.8 Å². The third-order valence-electron chi connectivity index (χ3n) is 4.60. The van der Waals surface area contributed by atoms with Crippen LogP contribution in [0, 0.1) is 6.92 Å². The van der Waals surface area contributed by atoms with E-state index in [1.165, 1.54) is 17.4 Å². The van der Waals surface area contributed by atoms with Crippen molar-refractivity contribution >= 4 is 44.9 Å². The fraction of sp³-hybridized carbons (Fsp3) is 0.136. The second-order valence-corrected chi connectivity index (χ2v) is 7.91. The zero-order chi connectivity index (χ0) is 21.1. The molecular weight excluding hydrogens is 424 g/mol. The molecule has 2 aromatic carbocycles. The number of rotatable bonds is 6. The fourth-order valence-electron chi connectivity index (χ4n) is 3.09. The van der Waals surface area contributed by atoms with Crippen LogP contribution in [0.5, 0.6) is 5.75 Å². The molecule has 4 rings (SSSR count). The molecule has 4 aromatic rings. The molecule has 0 atom stereocenters. The van der Waals surface area contributed by atoms with Crippen LogP contribution < -0.4 is 15.7 Å². The van der Waals surface area contributed by atoms with Crippen molar-refractivity contribution in [3.05, 3.63) is 86.2 Å². The van der Waals surface area contributed by atoms with Crippen molar-refractivity contribution < 1.29 is 13.9 Å². The van der Waals surface area contributed by atoms with E-state index < -0.39 is 5.63 Å². The number of fused-ring (bicyclic) bond motifs is 1. The zero-order valence-corrected chi connectivity index (χ0v) is 17.5. The third-order valence-corrected chi connectivity index (χ3v) is 5.58. The highest BCUT2D eigenvalue weighted by Gasteiger charge is 2.16. The molecule has 1 amide bonds. The molecule has 0 aliphatic heterocycles. The summed E-state index contributed by atoms with van der Waals surface area (Å²) in [5.41, 5.74) is 2.36. The Balaban J connectivity index is 1.58. The lowest BCUT2D eigenvalue weighted by atomic mass is 9.99. The van der Waals surface area contributed by atoms with Gasteiger partial charge in [0.1, 0.15) is 11.3 Å². The molecule has 0 saturated carbocycles. The topological polar surface area (TPSA) is 81.4 Å². The second-order valence-electron chi connectivity index (χ2n) is 6.61. The Labute approximate surface area is 181 Å². The first-order valence-corrected chi connectivity index (χ1v) is 10.4. The molecule has 2 aromatic heterocycles. The van der Waals surface area contributed by atoms with E-state index in [2.05, 4.69) is 10.3 Å². The molecule has 6 nitrogen and oxygen atoms in total. The number of nitrogens with zero attached hydrogens (tertiary/aromatic N) is 1. The number of ether oxygens (including phenoxy) is 1. The quantitative estimate of drug-likeness (QED) is 0.435. The van der Waals surface area contributed by atoms with Crippen LogP contribution in [0.1, 0.15) is 16.7 Å². The van der Waals surface area contributed by atoms with Gasteiger partial charge < -0.3 is 9.15 Å². The number of carbonyl (C=O) groups is 1. The molecule has 0 fully saturated rings. The Kier molecular flexibility index (Phi) is 5.83. The summed E-state index contributed by atoms with van der Waals surface area (Å²) in [7, 11) is 0. The summed E-state index contributed by atoms with van der Waals surface area (Å²) < 4.78 is 11.1. The SMILES string of the molecule is Cc1c(Cc2ccccc2)c(=O)oc2cc(OCC(=O)Nc3nccs3)c(Cl)cc12. The molecule has 0 radical (unpaired) electrons. The van der Waals surface area contributed by atoms with Gasteiger partial charge in [0.15, 0.2) is 11.7 Å². The van der Waals surface area contributed by atoms with Gasteiger partial charge in [-0.2, -0.15) is 0 Å². The number of amides is 1. The number of anilines is 1. The maximum atomic E-state index is 12.6. The highest BCUT2D eigenvalue weighted by molar-refractivity contribution is 7.13. The molecule has 8 heteroatoms. The summed E-state index contributed by atoms with van der Waals surface area (Å²) in [5, 5.41) is 5.92. The van der Waals surface area contributed by atoms with Gasteiger partial charge in [-0.1, -0.05) is 41.9 Å². The molecule has 0 aliphatic rings. The van der Waals surface area contributed by atoms with Crippen LogP contribution in [0.4, 0.5) is 5.13 Å². The van der Waals surface area contributed by atoms with Gasteiger partial charge in [0.2, 0.25) is 0 Å². The van der Waals surface area contributed by atoms with Gasteiger partial charge in [-0.05, 0) is 24.1 Å². The van der Waals surface area contributed by atoms with Gasteiger partial charge >= 0.3 is 5.63 Å². The largest absolute Gasteiger partial charge is 0.482 e. The first-order chi connectivity index (χ1) is 14.5. The van der Waals surface area contributed by atoms with Crippen molar-refractivity contribution in [2.24, 2.45) is 0 Å². The Bertz CT molecular complexity index is 1250.